The molecule has 0 saturated carbocycles. The number of rotatable bonds is 4. The summed E-state index contributed by atoms with van der Waals surface area (Å²) in [6.07, 6.45) is 1.82. The summed E-state index contributed by atoms with van der Waals surface area (Å²) in [5, 5.41) is 9.94. The Morgan fingerprint density at radius 2 is 2.11 bits per heavy atom. The van der Waals surface area contributed by atoms with Crippen molar-refractivity contribution < 1.29 is 19.4 Å². The zero-order chi connectivity index (χ0) is 13.1. The number of carbonyl (C=O) groups excluding carboxylic acids is 1. The number of hydrogen-bond donors (Lipinski definition) is 1. The van der Waals surface area contributed by atoms with Crippen LogP contribution in [-0.4, -0.2) is 24.5 Å². The molecule has 0 atom stereocenters. The first-order valence-corrected chi connectivity index (χ1v) is 5.94. The summed E-state index contributed by atoms with van der Waals surface area (Å²) in [7, 11) is 1.37. The highest BCUT2D eigenvalue weighted by Gasteiger charge is 2.20. The van der Waals surface area contributed by atoms with Crippen LogP contribution in [0.25, 0.3) is 15.7 Å². The number of methoxy groups -OCH3 is 1. The molecular weight excluding hydrogens is 252 g/mol. The summed E-state index contributed by atoms with van der Waals surface area (Å²) >= 11 is 1.27. The van der Waals surface area contributed by atoms with E-state index < -0.39 is 5.97 Å². The van der Waals surface area contributed by atoms with E-state index in [-0.39, 0.29) is 5.57 Å². The van der Waals surface area contributed by atoms with Crippen LogP contribution in [0.1, 0.15) is 15.2 Å². The summed E-state index contributed by atoms with van der Waals surface area (Å²) in [4.78, 5) is 22.7. The van der Waals surface area contributed by atoms with E-state index in [1.54, 1.807) is 12.1 Å². The van der Waals surface area contributed by atoms with Crippen LogP contribution in [0.2, 0.25) is 0 Å². The number of carboxylic acid groups (broad SMARTS) is 1. The van der Waals surface area contributed by atoms with Gasteiger partial charge in [0.25, 0.3) is 0 Å². The van der Waals surface area contributed by atoms with E-state index in [9.17, 15) is 14.7 Å². The molecule has 0 aliphatic carbocycles. The highest BCUT2D eigenvalue weighted by Crippen LogP contribution is 2.35. The number of carboxylic acids is 1. The molecule has 0 spiro atoms. The van der Waals surface area contributed by atoms with Crippen molar-refractivity contribution in [2.24, 2.45) is 0 Å². The smallest absolute Gasteiger partial charge is 0.339 e. The molecule has 0 saturated heterocycles. The number of ether oxygens (including phenoxy) is 1. The maximum Gasteiger partial charge on any atom is 0.339 e. The van der Waals surface area contributed by atoms with Gasteiger partial charge in [0.15, 0.2) is 6.29 Å². The molecule has 2 rings (SSSR count). The number of thiophene rings is 1. The first-order valence-electron chi connectivity index (χ1n) is 5.12. The van der Waals surface area contributed by atoms with Crippen molar-refractivity contribution in [3.63, 3.8) is 0 Å². The fourth-order valence-corrected chi connectivity index (χ4v) is 2.79. The number of benzene rings is 1. The molecule has 0 amide bonds. The molecule has 4 nitrogen and oxygen atoms in total. The lowest BCUT2D eigenvalue weighted by Crippen LogP contribution is -2.01. The van der Waals surface area contributed by atoms with E-state index in [4.69, 9.17) is 4.74 Å². The third-order valence-corrected chi connectivity index (χ3v) is 3.56. The lowest BCUT2D eigenvalue weighted by Gasteiger charge is -2.02. The number of aliphatic carboxylic acids is 1. The minimum Gasteiger partial charge on any atom is -0.503 e. The standard InChI is InChI=1S/C13H10O4S/c1-17-7-9(13(15)16)12-8-4-2-3-5-10(8)18-11(12)6-14/h2-7H,1H3,(H,15,16). The highest BCUT2D eigenvalue weighted by molar-refractivity contribution is 7.21. The van der Waals surface area contributed by atoms with Gasteiger partial charge >= 0.3 is 5.97 Å². The Balaban J connectivity index is 2.78. The molecule has 0 radical (unpaired) electrons. The Morgan fingerprint density at radius 1 is 1.39 bits per heavy atom. The lowest BCUT2D eigenvalue weighted by molar-refractivity contribution is -0.130. The first-order chi connectivity index (χ1) is 8.69. The van der Waals surface area contributed by atoms with Crippen molar-refractivity contribution in [2.75, 3.05) is 7.11 Å². The SMILES string of the molecule is COC=C(C(=O)O)c1c(C=O)sc2ccccc12. The van der Waals surface area contributed by atoms with E-state index >= 15 is 0 Å². The Labute approximate surface area is 107 Å². The molecule has 1 aromatic carbocycles. The van der Waals surface area contributed by atoms with Gasteiger partial charge in [-0.3, -0.25) is 4.79 Å². The van der Waals surface area contributed by atoms with Crippen LogP contribution in [0.3, 0.4) is 0 Å². The fraction of sp³-hybridized carbons (Fsp3) is 0.0769. The summed E-state index contributed by atoms with van der Waals surface area (Å²) in [6.45, 7) is 0. The molecule has 92 valence electrons. The van der Waals surface area contributed by atoms with Crippen molar-refractivity contribution in [3.05, 3.63) is 41.0 Å². The number of hydrogen-bond acceptors (Lipinski definition) is 4. The number of aldehydes is 1. The van der Waals surface area contributed by atoms with Crippen LogP contribution in [0, 0.1) is 0 Å². The van der Waals surface area contributed by atoms with Gasteiger partial charge < -0.3 is 9.84 Å². The maximum absolute atomic E-state index is 11.2. The second-order valence-electron chi connectivity index (χ2n) is 3.53. The fourth-order valence-electron chi connectivity index (χ4n) is 1.76. The van der Waals surface area contributed by atoms with Gasteiger partial charge in [0.1, 0.15) is 5.57 Å². The first kappa shape index (κ1) is 12.3. The second kappa shape index (κ2) is 5.01. The minimum atomic E-state index is -1.12. The molecule has 1 N–H and O–H groups in total. The van der Waals surface area contributed by atoms with Crippen molar-refractivity contribution in [2.45, 2.75) is 0 Å². The molecule has 1 heterocycles. The van der Waals surface area contributed by atoms with E-state index in [0.29, 0.717) is 16.7 Å². The molecule has 0 aliphatic heterocycles. The maximum atomic E-state index is 11.2. The van der Waals surface area contributed by atoms with Crippen LogP contribution in [-0.2, 0) is 9.53 Å². The minimum absolute atomic E-state index is 0.0166. The van der Waals surface area contributed by atoms with E-state index in [1.165, 1.54) is 18.4 Å². The Morgan fingerprint density at radius 3 is 2.72 bits per heavy atom. The summed E-state index contributed by atoms with van der Waals surface area (Å²) in [5.74, 6) is -1.12. The normalized spacial score (nSPS) is 11.5. The predicted octanol–water partition coefficient (Wildman–Crippen LogP) is 2.79. The van der Waals surface area contributed by atoms with Gasteiger partial charge in [-0.05, 0) is 6.07 Å². The van der Waals surface area contributed by atoms with Crippen LogP contribution < -0.4 is 0 Å². The quantitative estimate of drug-likeness (QED) is 0.523. The third kappa shape index (κ3) is 2.00. The van der Waals surface area contributed by atoms with Crippen LogP contribution in [0.4, 0.5) is 0 Å². The van der Waals surface area contributed by atoms with Gasteiger partial charge in [-0.1, -0.05) is 18.2 Å². The largest absolute Gasteiger partial charge is 0.503 e. The molecule has 0 unspecified atom stereocenters. The average molecular weight is 262 g/mol. The van der Waals surface area contributed by atoms with E-state index in [2.05, 4.69) is 0 Å². The monoisotopic (exact) mass is 262 g/mol. The van der Waals surface area contributed by atoms with Crippen molar-refractivity contribution in [3.8, 4) is 0 Å². The van der Waals surface area contributed by atoms with Gasteiger partial charge in [0, 0.05) is 15.6 Å². The number of carbonyl (C=O) groups is 2. The summed E-state index contributed by atoms with van der Waals surface area (Å²) in [6, 6.07) is 7.29. The zero-order valence-electron chi connectivity index (χ0n) is 9.54. The van der Waals surface area contributed by atoms with Gasteiger partial charge in [-0.15, -0.1) is 11.3 Å². The van der Waals surface area contributed by atoms with E-state index in [0.717, 1.165) is 16.3 Å². The summed E-state index contributed by atoms with van der Waals surface area (Å²) < 4.78 is 5.66. The van der Waals surface area contributed by atoms with Crippen molar-refractivity contribution in [1.82, 2.24) is 0 Å². The van der Waals surface area contributed by atoms with Gasteiger partial charge in [0.05, 0.1) is 18.2 Å². The Bertz CT molecular complexity index is 639. The van der Waals surface area contributed by atoms with Crippen LogP contribution >= 0.6 is 11.3 Å². The molecule has 5 heteroatoms. The van der Waals surface area contributed by atoms with Gasteiger partial charge in [-0.2, -0.15) is 0 Å². The Kier molecular flexibility index (Phi) is 3.43. The van der Waals surface area contributed by atoms with Gasteiger partial charge in [-0.25, -0.2) is 4.79 Å². The molecule has 0 aliphatic rings. The van der Waals surface area contributed by atoms with Crippen LogP contribution in [0.5, 0.6) is 0 Å². The van der Waals surface area contributed by atoms with Crippen molar-refractivity contribution in [1.29, 1.82) is 0 Å². The van der Waals surface area contributed by atoms with Gasteiger partial charge in [0.2, 0.25) is 0 Å². The van der Waals surface area contributed by atoms with Crippen molar-refractivity contribution >= 4 is 39.3 Å². The Hall–Kier alpha value is -2.14. The third-order valence-electron chi connectivity index (χ3n) is 2.47. The average Bonchev–Trinajstić information content (AvgIpc) is 2.74. The zero-order valence-corrected chi connectivity index (χ0v) is 10.4. The molecule has 0 bridgehead atoms. The highest BCUT2D eigenvalue weighted by atomic mass is 32.1. The van der Waals surface area contributed by atoms with E-state index in [1.807, 2.05) is 12.1 Å². The van der Waals surface area contributed by atoms with Crippen LogP contribution in [0.15, 0.2) is 30.5 Å². The molecule has 1 aromatic heterocycles. The molecule has 0 fully saturated rings. The second-order valence-corrected chi connectivity index (χ2v) is 4.61. The number of fused-ring (bicyclic) bond motifs is 1. The predicted molar refractivity (Wildman–Crippen MR) is 69.8 cm³/mol. The lowest BCUT2D eigenvalue weighted by atomic mass is 10.0. The topological polar surface area (TPSA) is 63.6 Å². The molecular formula is C13H10O4S. The molecule has 18 heavy (non-hydrogen) atoms. The summed E-state index contributed by atoms with van der Waals surface area (Å²) in [5.41, 5.74) is 0.400. The molecule has 2 aromatic rings.